The van der Waals surface area contributed by atoms with Gasteiger partial charge in [-0.15, -0.1) is 0 Å². The number of hydrogen-bond donors (Lipinski definition) is 3. The first-order chi connectivity index (χ1) is 9.90. The van der Waals surface area contributed by atoms with Crippen LogP contribution < -0.4 is 11.1 Å². The second kappa shape index (κ2) is 5.84. The van der Waals surface area contributed by atoms with Crippen molar-refractivity contribution in [3.05, 3.63) is 59.2 Å². The number of nitrogens with one attached hydrogen (secondary N) is 1. The maximum atomic E-state index is 13.6. The van der Waals surface area contributed by atoms with Crippen molar-refractivity contribution in [3.8, 4) is 5.75 Å². The third-order valence-electron chi connectivity index (χ3n) is 2.71. The molecular weight excluding hydrogens is 298 g/mol. The molecule has 7 heteroatoms. The maximum Gasteiger partial charge on any atom is 0.262 e. The summed E-state index contributed by atoms with van der Waals surface area (Å²) in [7, 11) is 0. The fourth-order valence-corrected chi connectivity index (χ4v) is 1.88. The van der Waals surface area contributed by atoms with E-state index in [4.69, 9.17) is 5.73 Å². The number of anilines is 1. The Balaban J connectivity index is 2.32. The predicted molar refractivity (Wildman–Crippen MR) is 78.3 cm³/mol. The molecule has 108 valence electrons. The summed E-state index contributed by atoms with van der Waals surface area (Å²) >= 11 is 4.68. The third kappa shape index (κ3) is 3.14. The predicted octanol–water partition coefficient (Wildman–Crippen LogP) is 2.56. The summed E-state index contributed by atoms with van der Waals surface area (Å²) in [6.45, 7) is 0. The van der Waals surface area contributed by atoms with E-state index in [2.05, 4.69) is 17.5 Å². The summed E-state index contributed by atoms with van der Waals surface area (Å²) in [5.41, 5.74) is 4.98. The standard InChI is InChI=1S/C14H10F2N2O2S/c15-9-5-4-7(6-8(9)13(17)21)18-14(20)12-10(16)2-1-3-11(12)19/h1-6,19H,(H2,17,21)(H,18,20). The molecule has 0 atom stereocenters. The Bertz CT molecular complexity index is 715. The van der Waals surface area contributed by atoms with Gasteiger partial charge in [-0.3, -0.25) is 4.79 Å². The van der Waals surface area contributed by atoms with Gasteiger partial charge in [0.1, 0.15) is 27.9 Å². The Morgan fingerprint density at radius 3 is 2.52 bits per heavy atom. The first-order valence-electron chi connectivity index (χ1n) is 5.78. The Hall–Kier alpha value is -2.54. The maximum absolute atomic E-state index is 13.6. The Morgan fingerprint density at radius 2 is 1.90 bits per heavy atom. The number of hydrogen-bond acceptors (Lipinski definition) is 3. The van der Waals surface area contributed by atoms with Crippen LogP contribution in [0.4, 0.5) is 14.5 Å². The van der Waals surface area contributed by atoms with E-state index in [1.165, 1.54) is 24.3 Å². The molecule has 2 aromatic rings. The van der Waals surface area contributed by atoms with Crippen molar-refractivity contribution < 1.29 is 18.7 Å². The Kier molecular flexibility index (Phi) is 4.13. The number of nitrogens with two attached hydrogens (primary N) is 1. The van der Waals surface area contributed by atoms with E-state index in [1.807, 2.05) is 0 Å². The van der Waals surface area contributed by atoms with Crippen LogP contribution in [-0.2, 0) is 0 Å². The Morgan fingerprint density at radius 1 is 1.19 bits per heavy atom. The number of amides is 1. The van der Waals surface area contributed by atoms with Gasteiger partial charge in [0.25, 0.3) is 5.91 Å². The van der Waals surface area contributed by atoms with Crippen LogP contribution >= 0.6 is 12.2 Å². The molecule has 0 heterocycles. The minimum atomic E-state index is -0.871. The van der Waals surface area contributed by atoms with Crippen molar-refractivity contribution in [3.63, 3.8) is 0 Å². The van der Waals surface area contributed by atoms with Gasteiger partial charge in [-0.2, -0.15) is 0 Å². The molecule has 2 rings (SSSR count). The van der Waals surface area contributed by atoms with E-state index >= 15 is 0 Å². The van der Waals surface area contributed by atoms with E-state index in [-0.39, 0.29) is 16.2 Å². The zero-order chi connectivity index (χ0) is 15.6. The van der Waals surface area contributed by atoms with Crippen molar-refractivity contribution in [1.29, 1.82) is 0 Å². The largest absolute Gasteiger partial charge is 0.507 e. The van der Waals surface area contributed by atoms with E-state index in [0.717, 1.165) is 12.1 Å². The average Bonchev–Trinajstić information content (AvgIpc) is 2.40. The molecule has 0 unspecified atom stereocenters. The number of halogens is 2. The van der Waals surface area contributed by atoms with Crippen LogP contribution in [0.15, 0.2) is 36.4 Å². The van der Waals surface area contributed by atoms with Gasteiger partial charge in [-0.1, -0.05) is 18.3 Å². The van der Waals surface area contributed by atoms with Gasteiger partial charge in [0.2, 0.25) is 0 Å². The monoisotopic (exact) mass is 308 g/mol. The molecule has 0 saturated heterocycles. The molecule has 0 fully saturated rings. The fraction of sp³-hybridized carbons (Fsp3) is 0. The van der Waals surface area contributed by atoms with E-state index in [0.29, 0.717) is 0 Å². The quantitative estimate of drug-likeness (QED) is 0.762. The highest BCUT2D eigenvalue weighted by Gasteiger charge is 2.17. The molecule has 2 aromatic carbocycles. The van der Waals surface area contributed by atoms with Crippen LogP contribution in [-0.4, -0.2) is 16.0 Å². The summed E-state index contributed by atoms with van der Waals surface area (Å²) < 4.78 is 27.0. The first-order valence-corrected chi connectivity index (χ1v) is 6.19. The molecule has 21 heavy (non-hydrogen) atoms. The lowest BCUT2D eigenvalue weighted by Gasteiger charge is -2.09. The number of phenols is 1. The number of thiocarbonyl (C=S) groups is 1. The van der Waals surface area contributed by atoms with Crippen LogP contribution in [0, 0.1) is 11.6 Å². The number of rotatable bonds is 3. The number of carbonyl (C=O) groups excluding carboxylic acids is 1. The Labute approximate surface area is 124 Å². The zero-order valence-electron chi connectivity index (χ0n) is 10.6. The summed E-state index contributed by atoms with van der Waals surface area (Å²) in [4.78, 5) is 11.8. The zero-order valence-corrected chi connectivity index (χ0v) is 11.4. The second-order valence-corrected chi connectivity index (χ2v) is 4.59. The first kappa shape index (κ1) is 14.9. The lowest BCUT2D eigenvalue weighted by molar-refractivity contribution is 0.102. The third-order valence-corrected chi connectivity index (χ3v) is 2.93. The van der Waals surface area contributed by atoms with Crippen molar-refractivity contribution in [2.75, 3.05) is 5.32 Å². The van der Waals surface area contributed by atoms with E-state index in [9.17, 15) is 18.7 Å². The molecule has 0 aliphatic rings. The van der Waals surface area contributed by atoms with Gasteiger partial charge in [-0.05, 0) is 30.3 Å². The topological polar surface area (TPSA) is 75.3 Å². The van der Waals surface area contributed by atoms with E-state index < -0.39 is 28.9 Å². The molecule has 1 amide bonds. The summed E-state index contributed by atoms with van der Waals surface area (Å²) in [6.07, 6.45) is 0. The number of benzene rings is 2. The summed E-state index contributed by atoms with van der Waals surface area (Å²) in [5.74, 6) is -2.87. The number of aromatic hydroxyl groups is 1. The van der Waals surface area contributed by atoms with Gasteiger partial charge < -0.3 is 16.2 Å². The van der Waals surface area contributed by atoms with Gasteiger partial charge in [-0.25, -0.2) is 8.78 Å². The SMILES string of the molecule is NC(=S)c1cc(NC(=O)c2c(O)cccc2F)ccc1F. The second-order valence-electron chi connectivity index (χ2n) is 4.15. The van der Waals surface area contributed by atoms with Crippen molar-refractivity contribution >= 4 is 28.8 Å². The van der Waals surface area contributed by atoms with Crippen LogP contribution in [0.3, 0.4) is 0 Å². The molecule has 4 nitrogen and oxygen atoms in total. The minimum Gasteiger partial charge on any atom is -0.507 e. The lowest BCUT2D eigenvalue weighted by Crippen LogP contribution is -2.16. The molecule has 0 radical (unpaired) electrons. The summed E-state index contributed by atoms with van der Waals surface area (Å²) in [5, 5.41) is 11.9. The highest BCUT2D eigenvalue weighted by molar-refractivity contribution is 7.80. The normalized spacial score (nSPS) is 10.2. The van der Waals surface area contributed by atoms with Gasteiger partial charge in [0.05, 0.1) is 0 Å². The fourth-order valence-electron chi connectivity index (χ4n) is 1.72. The average molecular weight is 308 g/mol. The molecule has 0 aliphatic carbocycles. The van der Waals surface area contributed by atoms with Crippen molar-refractivity contribution in [2.24, 2.45) is 5.73 Å². The molecule has 0 spiro atoms. The molecule has 0 bridgehead atoms. The lowest BCUT2D eigenvalue weighted by atomic mass is 10.1. The molecular formula is C14H10F2N2O2S. The molecule has 4 N–H and O–H groups in total. The number of phenolic OH excluding ortho intramolecular Hbond substituents is 1. The van der Waals surface area contributed by atoms with Crippen molar-refractivity contribution in [2.45, 2.75) is 0 Å². The highest BCUT2D eigenvalue weighted by Crippen LogP contribution is 2.22. The molecule has 0 saturated carbocycles. The van der Waals surface area contributed by atoms with Crippen LogP contribution in [0.1, 0.15) is 15.9 Å². The van der Waals surface area contributed by atoms with Crippen LogP contribution in [0.25, 0.3) is 0 Å². The molecule has 0 aromatic heterocycles. The van der Waals surface area contributed by atoms with E-state index in [1.54, 1.807) is 0 Å². The van der Waals surface area contributed by atoms with Crippen LogP contribution in [0.2, 0.25) is 0 Å². The number of carbonyl (C=O) groups is 1. The van der Waals surface area contributed by atoms with Crippen LogP contribution in [0.5, 0.6) is 5.75 Å². The smallest absolute Gasteiger partial charge is 0.262 e. The van der Waals surface area contributed by atoms with Gasteiger partial charge in [0, 0.05) is 11.3 Å². The van der Waals surface area contributed by atoms with Crippen molar-refractivity contribution in [1.82, 2.24) is 0 Å². The summed E-state index contributed by atoms with van der Waals surface area (Å²) in [6, 6.07) is 7.07. The minimum absolute atomic E-state index is 0.0412. The van der Waals surface area contributed by atoms with Gasteiger partial charge >= 0.3 is 0 Å². The highest BCUT2D eigenvalue weighted by atomic mass is 32.1. The van der Waals surface area contributed by atoms with Gasteiger partial charge in [0.15, 0.2) is 0 Å². The molecule has 0 aliphatic heterocycles.